The molecule has 2 aromatic heterocycles. The van der Waals surface area contributed by atoms with Gasteiger partial charge in [-0.15, -0.1) is 10.2 Å². The Bertz CT molecular complexity index is 1130. The second kappa shape index (κ2) is 6.16. The first-order valence-corrected chi connectivity index (χ1v) is 9.06. The van der Waals surface area contributed by atoms with Crippen molar-refractivity contribution in [2.45, 2.75) is 51.4 Å². The molecule has 0 unspecified atom stereocenters. The molecule has 1 aliphatic carbocycles. The van der Waals surface area contributed by atoms with Gasteiger partial charge in [-0.1, -0.05) is 0 Å². The van der Waals surface area contributed by atoms with E-state index in [1.54, 1.807) is 13.0 Å². The molecule has 0 aliphatic heterocycles. The van der Waals surface area contributed by atoms with Gasteiger partial charge in [0.25, 0.3) is 0 Å². The number of phenolic OH excluding ortho intramolecular Hbond substituents is 1. The lowest BCUT2D eigenvalue weighted by Gasteiger charge is -2.41. The highest BCUT2D eigenvalue weighted by molar-refractivity contribution is 5.85. The summed E-state index contributed by atoms with van der Waals surface area (Å²) in [5.41, 5.74) is -0.821. The monoisotopic (exact) mass is 409 g/mol. The molecule has 154 valence electrons. The maximum atomic E-state index is 14.2. The van der Waals surface area contributed by atoms with Crippen LogP contribution in [-0.2, 0) is 6.18 Å². The number of aromatic nitrogens is 3. The third-order valence-electron chi connectivity index (χ3n) is 5.52. The van der Waals surface area contributed by atoms with E-state index in [9.17, 15) is 27.8 Å². The van der Waals surface area contributed by atoms with Crippen molar-refractivity contribution in [3.05, 3.63) is 40.8 Å². The predicted molar refractivity (Wildman–Crippen MR) is 98.0 cm³/mol. The van der Waals surface area contributed by atoms with Crippen molar-refractivity contribution >= 4 is 11.0 Å². The molecule has 4 rings (SSSR count). The first-order chi connectivity index (χ1) is 13.4. The molecule has 0 saturated heterocycles. The molecule has 0 spiro atoms. The number of rotatable bonds is 2. The number of aryl methyl sites for hydroxylation is 2. The van der Waals surface area contributed by atoms with Crippen LogP contribution in [0.3, 0.4) is 0 Å². The van der Waals surface area contributed by atoms with Crippen molar-refractivity contribution in [3.63, 3.8) is 0 Å². The van der Waals surface area contributed by atoms with Crippen molar-refractivity contribution in [2.24, 2.45) is 0 Å². The number of aromatic hydroxyl groups is 1. The van der Waals surface area contributed by atoms with Crippen LogP contribution in [0, 0.1) is 19.7 Å². The van der Waals surface area contributed by atoms with Gasteiger partial charge in [0, 0.05) is 23.2 Å². The van der Waals surface area contributed by atoms with E-state index in [1.807, 2.05) is 17.7 Å². The molecule has 0 amide bonds. The van der Waals surface area contributed by atoms with Crippen LogP contribution in [0.2, 0.25) is 0 Å². The maximum Gasteiger partial charge on any atom is 0.419 e. The quantitative estimate of drug-likeness (QED) is 0.604. The van der Waals surface area contributed by atoms with Gasteiger partial charge in [0.15, 0.2) is 17.2 Å². The molecule has 2 N–H and O–H groups in total. The molecule has 1 aliphatic rings. The van der Waals surface area contributed by atoms with Crippen molar-refractivity contribution in [2.75, 3.05) is 0 Å². The van der Waals surface area contributed by atoms with Crippen LogP contribution in [0.1, 0.15) is 42.5 Å². The smallest absolute Gasteiger partial charge is 0.419 e. The Labute approximate surface area is 163 Å². The zero-order valence-electron chi connectivity index (χ0n) is 16.0. The van der Waals surface area contributed by atoms with Gasteiger partial charge in [-0.3, -0.25) is 0 Å². The van der Waals surface area contributed by atoms with Crippen LogP contribution in [0.15, 0.2) is 18.3 Å². The first-order valence-electron chi connectivity index (χ1n) is 9.06. The fourth-order valence-corrected chi connectivity index (χ4v) is 4.06. The van der Waals surface area contributed by atoms with Crippen molar-refractivity contribution in [1.82, 2.24) is 14.8 Å². The van der Waals surface area contributed by atoms with E-state index in [4.69, 9.17) is 0 Å². The summed E-state index contributed by atoms with van der Waals surface area (Å²) in [6.45, 7) is 4.96. The van der Waals surface area contributed by atoms with Gasteiger partial charge >= 0.3 is 6.18 Å². The van der Waals surface area contributed by atoms with Crippen molar-refractivity contribution < 1.29 is 27.8 Å². The molecule has 1 aromatic carbocycles. The Morgan fingerprint density at radius 3 is 2.38 bits per heavy atom. The lowest BCUT2D eigenvalue weighted by atomic mass is 9.77. The van der Waals surface area contributed by atoms with E-state index in [1.165, 1.54) is 6.92 Å². The highest BCUT2D eigenvalue weighted by Crippen LogP contribution is 2.44. The topological polar surface area (TPSA) is 71.2 Å². The second-order valence-electron chi connectivity index (χ2n) is 8.02. The SMILES string of the molecule is Cc1cc(C(F)(F)F)c(F)c(O)c1-c1cc2c(C)cn(C3CC(C)(O)C3)c2nn1. The van der Waals surface area contributed by atoms with Crippen LogP contribution in [0.25, 0.3) is 22.3 Å². The highest BCUT2D eigenvalue weighted by atomic mass is 19.4. The van der Waals surface area contributed by atoms with Crippen LogP contribution in [0.5, 0.6) is 5.75 Å². The minimum Gasteiger partial charge on any atom is -0.504 e. The summed E-state index contributed by atoms with van der Waals surface area (Å²) < 4.78 is 55.1. The molecule has 9 heteroatoms. The Balaban J connectivity index is 1.82. The lowest BCUT2D eigenvalue weighted by Crippen LogP contribution is -2.41. The van der Waals surface area contributed by atoms with Crippen molar-refractivity contribution in [1.29, 1.82) is 0 Å². The summed E-state index contributed by atoms with van der Waals surface area (Å²) in [7, 11) is 0. The molecular formula is C20H19F4N3O2. The summed E-state index contributed by atoms with van der Waals surface area (Å²) in [6.07, 6.45) is -1.89. The molecule has 0 atom stereocenters. The molecule has 0 bridgehead atoms. The van der Waals surface area contributed by atoms with Gasteiger partial charge in [0.05, 0.1) is 16.9 Å². The minimum absolute atomic E-state index is 0.0389. The van der Waals surface area contributed by atoms with E-state index in [0.29, 0.717) is 29.9 Å². The molecular weight excluding hydrogens is 390 g/mol. The van der Waals surface area contributed by atoms with Gasteiger partial charge in [-0.25, -0.2) is 4.39 Å². The number of aliphatic hydroxyl groups is 1. The van der Waals surface area contributed by atoms with E-state index < -0.39 is 28.9 Å². The largest absolute Gasteiger partial charge is 0.504 e. The molecule has 2 heterocycles. The fraction of sp³-hybridized carbons (Fsp3) is 0.400. The van der Waals surface area contributed by atoms with Gasteiger partial charge in [0.2, 0.25) is 0 Å². The molecule has 29 heavy (non-hydrogen) atoms. The first kappa shape index (κ1) is 19.6. The maximum absolute atomic E-state index is 14.2. The fourth-order valence-electron chi connectivity index (χ4n) is 4.06. The number of hydrogen-bond acceptors (Lipinski definition) is 4. The third-order valence-corrected chi connectivity index (χ3v) is 5.52. The van der Waals surface area contributed by atoms with Crippen LogP contribution < -0.4 is 0 Å². The molecule has 3 aromatic rings. The van der Waals surface area contributed by atoms with Gasteiger partial charge in [0.1, 0.15) is 0 Å². The zero-order chi connectivity index (χ0) is 21.3. The number of benzene rings is 1. The highest BCUT2D eigenvalue weighted by Gasteiger charge is 2.40. The second-order valence-corrected chi connectivity index (χ2v) is 8.02. The van der Waals surface area contributed by atoms with Crippen LogP contribution >= 0.6 is 0 Å². The third kappa shape index (κ3) is 3.13. The zero-order valence-corrected chi connectivity index (χ0v) is 16.0. The number of hydrogen-bond donors (Lipinski definition) is 2. The number of alkyl halides is 3. The Morgan fingerprint density at radius 2 is 1.79 bits per heavy atom. The predicted octanol–water partition coefficient (Wildman–Crippen LogP) is 4.66. The van der Waals surface area contributed by atoms with E-state index >= 15 is 0 Å². The Hall–Kier alpha value is -2.68. The molecule has 5 nitrogen and oxygen atoms in total. The summed E-state index contributed by atoms with van der Waals surface area (Å²) >= 11 is 0. The Morgan fingerprint density at radius 1 is 1.14 bits per heavy atom. The van der Waals surface area contributed by atoms with Gasteiger partial charge < -0.3 is 14.8 Å². The van der Waals surface area contributed by atoms with Crippen LogP contribution in [-0.4, -0.2) is 30.6 Å². The van der Waals surface area contributed by atoms with Crippen LogP contribution in [0.4, 0.5) is 17.6 Å². The summed E-state index contributed by atoms with van der Waals surface area (Å²) in [5.74, 6) is -2.83. The lowest BCUT2D eigenvalue weighted by molar-refractivity contribution is -0.140. The average Bonchev–Trinajstić information content (AvgIpc) is 2.91. The van der Waals surface area contributed by atoms with Crippen molar-refractivity contribution in [3.8, 4) is 17.0 Å². The summed E-state index contributed by atoms with van der Waals surface area (Å²) in [6, 6.07) is 2.31. The number of phenols is 1. The molecule has 1 fully saturated rings. The van der Waals surface area contributed by atoms with Gasteiger partial charge in [-0.05, 0) is 56.9 Å². The normalized spacial score (nSPS) is 22.1. The van der Waals surface area contributed by atoms with E-state index in [-0.39, 0.29) is 22.9 Å². The molecule has 0 radical (unpaired) electrons. The van der Waals surface area contributed by atoms with Gasteiger partial charge in [-0.2, -0.15) is 13.2 Å². The number of fused-ring (bicyclic) bond motifs is 1. The number of halogens is 4. The standard InChI is InChI=1S/C20H19F4N3O2/c1-9-4-13(20(22,23)24)16(21)17(28)15(9)14-5-12-10(2)8-27(18(12)26-25-14)11-6-19(3,29)7-11/h4-5,8,11,28-29H,6-7H2,1-3H3. The minimum atomic E-state index is -4.92. The average molecular weight is 409 g/mol. The van der Waals surface area contributed by atoms with E-state index in [2.05, 4.69) is 10.2 Å². The Kier molecular flexibility index (Phi) is 4.17. The summed E-state index contributed by atoms with van der Waals surface area (Å²) in [4.78, 5) is 0. The molecule has 1 saturated carbocycles. The summed E-state index contributed by atoms with van der Waals surface area (Å²) in [5, 5.41) is 29.1. The van der Waals surface area contributed by atoms with E-state index in [0.717, 1.165) is 5.56 Å². The number of nitrogens with zero attached hydrogens (tertiary/aromatic N) is 3.